The molecule has 3 aromatic carbocycles. The molecule has 1 aliphatic rings. The molecule has 0 atom stereocenters. The van der Waals surface area contributed by atoms with Crippen LogP contribution in [0.4, 0.5) is 0 Å². The Morgan fingerprint density at radius 3 is 2.24 bits per heavy atom. The molecule has 0 aromatic heterocycles. The molecule has 0 amide bonds. The maximum absolute atomic E-state index is 12.1. The molecule has 3 aromatic rings. The summed E-state index contributed by atoms with van der Waals surface area (Å²) < 4.78 is 10.7. The van der Waals surface area contributed by atoms with Crippen molar-refractivity contribution in [1.82, 2.24) is 0 Å². The third-order valence-corrected chi connectivity index (χ3v) is 4.53. The second kappa shape index (κ2) is 8.40. The molecule has 29 heavy (non-hydrogen) atoms. The number of carbonyl (C=O) groups excluding carboxylic acids is 1. The van der Waals surface area contributed by atoms with Crippen molar-refractivity contribution in [2.45, 2.75) is 0 Å². The summed E-state index contributed by atoms with van der Waals surface area (Å²) >= 11 is 0. The van der Waals surface area contributed by atoms with E-state index in [0.717, 1.165) is 28.0 Å². The van der Waals surface area contributed by atoms with Gasteiger partial charge < -0.3 is 9.47 Å². The van der Waals surface area contributed by atoms with E-state index in [2.05, 4.69) is 17.1 Å². The summed E-state index contributed by atoms with van der Waals surface area (Å²) in [5.74, 6) is 0.613. The van der Waals surface area contributed by atoms with Crippen LogP contribution < -0.4 is 4.74 Å². The molecule has 4 heteroatoms. The summed E-state index contributed by atoms with van der Waals surface area (Å²) in [5.41, 5.74) is 4.16. The zero-order valence-corrected chi connectivity index (χ0v) is 15.9. The summed E-state index contributed by atoms with van der Waals surface area (Å²) in [5, 5.41) is 0. The Morgan fingerprint density at radius 2 is 1.48 bits per heavy atom. The molecule has 1 heterocycles. The fraction of sp³-hybridized carbons (Fsp3) is 0.0400. The highest BCUT2D eigenvalue weighted by Gasteiger charge is 2.23. The molecule has 0 radical (unpaired) electrons. The lowest BCUT2D eigenvalue weighted by atomic mass is 10.0. The lowest BCUT2D eigenvalue weighted by Crippen LogP contribution is -2.05. The lowest BCUT2D eigenvalue weighted by Gasteiger charge is -2.03. The first-order chi connectivity index (χ1) is 14.2. The van der Waals surface area contributed by atoms with E-state index < -0.39 is 5.97 Å². The average Bonchev–Trinajstić information content (AvgIpc) is 3.15. The Kier molecular flexibility index (Phi) is 5.34. The molecule has 0 aliphatic carbocycles. The molecule has 4 nitrogen and oxygen atoms in total. The van der Waals surface area contributed by atoms with Crippen molar-refractivity contribution in [3.05, 3.63) is 108 Å². The normalized spacial score (nSPS) is 14.9. The fourth-order valence-electron chi connectivity index (χ4n) is 3.03. The Hall–Kier alpha value is -3.92. The van der Waals surface area contributed by atoms with Gasteiger partial charge in [-0.15, -0.1) is 0 Å². The van der Waals surface area contributed by atoms with Gasteiger partial charge in [0, 0.05) is 11.1 Å². The van der Waals surface area contributed by atoms with Gasteiger partial charge in [-0.2, -0.15) is 0 Å². The van der Waals surface area contributed by atoms with Crippen molar-refractivity contribution in [3.8, 4) is 16.9 Å². The number of hydrogen-bond acceptors (Lipinski definition) is 4. The summed E-state index contributed by atoms with van der Waals surface area (Å²) in [6.07, 6.45) is 5.26. The molecule has 0 saturated heterocycles. The molecular formula is C25H19NO3. The molecule has 0 fully saturated rings. The van der Waals surface area contributed by atoms with Crippen molar-refractivity contribution in [1.29, 1.82) is 0 Å². The number of allylic oxidation sites excluding steroid dienone is 2. The van der Waals surface area contributed by atoms with Crippen LogP contribution in [0.1, 0.15) is 11.1 Å². The van der Waals surface area contributed by atoms with Gasteiger partial charge in [0.1, 0.15) is 5.75 Å². The van der Waals surface area contributed by atoms with Gasteiger partial charge >= 0.3 is 5.97 Å². The molecule has 0 unspecified atom stereocenters. The molecule has 142 valence electrons. The predicted molar refractivity (Wildman–Crippen MR) is 115 cm³/mol. The SMILES string of the molecule is COc1ccccc1C=CC=C1N=C(c2ccc(-c3ccccc3)cc2)OC1=O. The second-order valence-electron chi connectivity index (χ2n) is 6.40. The minimum atomic E-state index is -0.461. The third-order valence-electron chi connectivity index (χ3n) is 4.53. The monoisotopic (exact) mass is 381 g/mol. The topological polar surface area (TPSA) is 47.9 Å². The van der Waals surface area contributed by atoms with Gasteiger partial charge in [0.2, 0.25) is 5.90 Å². The first kappa shape index (κ1) is 18.4. The van der Waals surface area contributed by atoms with Gasteiger partial charge in [-0.3, -0.25) is 0 Å². The zero-order valence-electron chi connectivity index (χ0n) is 15.9. The smallest absolute Gasteiger partial charge is 0.363 e. The standard InChI is InChI=1S/C25H19NO3/c1-28-23-13-6-5-10-20(23)11-7-12-22-25(27)29-24(26-22)21-16-14-19(15-17-21)18-8-3-2-4-9-18/h2-17H,1H3. The molecule has 1 aliphatic heterocycles. The van der Waals surface area contributed by atoms with Crippen LogP contribution in [0.5, 0.6) is 5.75 Å². The molecular weight excluding hydrogens is 362 g/mol. The number of para-hydroxylation sites is 1. The number of ether oxygens (including phenoxy) is 2. The number of nitrogens with zero attached hydrogens (tertiary/aromatic N) is 1. The van der Waals surface area contributed by atoms with Gasteiger partial charge in [0.25, 0.3) is 0 Å². The van der Waals surface area contributed by atoms with Crippen LogP contribution in [0.25, 0.3) is 17.2 Å². The Labute approximate surface area is 169 Å². The summed E-state index contributed by atoms with van der Waals surface area (Å²) in [4.78, 5) is 16.5. The van der Waals surface area contributed by atoms with Crippen molar-refractivity contribution in [3.63, 3.8) is 0 Å². The molecule has 0 spiro atoms. The van der Waals surface area contributed by atoms with Crippen LogP contribution >= 0.6 is 0 Å². The number of rotatable bonds is 5. The molecule has 0 N–H and O–H groups in total. The van der Waals surface area contributed by atoms with Crippen LogP contribution in [-0.4, -0.2) is 19.0 Å². The number of cyclic esters (lactones) is 1. The van der Waals surface area contributed by atoms with Gasteiger partial charge in [0.15, 0.2) is 5.70 Å². The largest absolute Gasteiger partial charge is 0.496 e. The van der Waals surface area contributed by atoms with Crippen molar-refractivity contribution < 1.29 is 14.3 Å². The van der Waals surface area contributed by atoms with E-state index in [1.807, 2.05) is 72.8 Å². The first-order valence-corrected chi connectivity index (χ1v) is 9.23. The summed E-state index contributed by atoms with van der Waals surface area (Å²) in [6.45, 7) is 0. The van der Waals surface area contributed by atoms with Gasteiger partial charge in [-0.1, -0.05) is 72.8 Å². The van der Waals surface area contributed by atoms with E-state index in [9.17, 15) is 4.79 Å². The van der Waals surface area contributed by atoms with E-state index >= 15 is 0 Å². The number of carbonyl (C=O) groups is 1. The number of aliphatic imine (C=N–C) groups is 1. The molecule has 0 bridgehead atoms. The second-order valence-corrected chi connectivity index (χ2v) is 6.40. The highest BCUT2D eigenvalue weighted by Crippen LogP contribution is 2.23. The van der Waals surface area contributed by atoms with Crippen LogP contribution in [-0.2, 0) is 9.53 Å². The summed E-state index contributed by atoms with van der Waals surface area (Å²) in [6, 6.07) is 25.5. The highest BCUT2D eigenvalue weighted by molar-refractivity contribution is 6.11. The van der Waals surface area contributed by atoms with E-state index in [1.165, 1.54) is 0 Å². The minimum Gasteiger partial charge on any atom is -0.496 e. The maximum Gasteiger partial charge on any atom is 0.363 e. The van der Waals surface area contributed by atoms with Crippen molar-refractivity contribution in [2.24, 2.45) is 4.99 Å². The first-order valence-electron chi connectivity index (χ1n) is 9.23. The quantitative estimate of drug-likeness (QED) is 0.447. The van der Waals surface area contributed by atoms with Crippen LogP contribution in [0.3, 0.4) is 0 Å². The van der Waals surface area contributed by atoms with E-state index in [-0.39, 0.29) is 5.70 Å². The Bertz CT molecular complexity index is 1110. The maximum atomic E-state index is 12.1. The number of hydrogen-bond donors (Lipinski definition) is 0. The fourth-order valence-corrected chi connectivity index (χ4v) is 3.03. The number of methoxy groups -OCH3 is 1. The number of benzene rings is 3. The average molecular weight is 381 g/mol. The van der Waals surface area contributed by atoms with Crippen molar-refractivity contribution >= 4 is 17.9 Å². The highest BCUT2D eigenvalue weighted by atomic mass is 16.6. The molecule has 4 rings (SSSR count). The van der Waals surface area contributed by atoms with Crippen LogP contribution in [0.15, 0.2) is 102 Å². The van der Waals surface area contributed by atoms with Crippen molar-refractivity contribution in [2.75, 3.05) is 7.11 Å². The lowest BCUT2D eigenvalue weighted by molar-refractivity contribution is -0.130. The van der Waals surface area contributed by atoms with E-state index in [0.29, 0.717) is 5.90 Å². The molecule has 0 saturated carbocycles. The summed E-state index contributed by atoms with van der Waals surface area (Å²) in [7, 11) is 1.62. The zero-order chi connectivity index (χ0) is 20.1. The van der Waals surface area contributed by atoms with E-state index in [4.69, 9.17) is 9.47 Å². The van der Waals surface area contributed by atoms with Gasteiger partial charge in [-0.05, 0) is 35.4 Å². The predicted octanol–water partition coefficient (Wildman–Crippen LogP) is 5.26. The number of esters is 1. The minimum absolute atomic E-state index is 0.262. The van der Waals surface area contributed by atoms with Gasteiger partial charge in [0.05, 0.1) is 7.11 Å². The van der Waals surface area contributed by atoms with Crippen LogP contribution in [0.2, 0.25) is 0 Å². The van der Waals surface area contributed by atoms with Gasteiger partial charge in [-0.25, -0.2) is 9.79 Å². The van der Waals surface area contributed by atoms with E-state index in [1.54, 1.807) is 19.3 Å². The Balaban J connectivity index is 1.53. The van der Waals surface area contributed by atoms with Crippen LogP contribution in [0, 0.1) is 0 Å². The third kappa shape index (κ3) is 4.17. The Morgan fingerprint density at radius 1 is 0.828 bits per heavy atom.